The number of hydrogen-bond acceptors (Lipinski definition) is 5. The highest BCUT2D eigenvalue weighted by Crippen LogP contribution is 2.25. The summed E-state index contributed by atoms with van der Waals surface area (Å²) in [6.45, 7) is 2.75. The number of hydrogen-bond donors (Lipinski definition) is 1. The van der Waals surface area contributed by atoms with E-state index in [0.717, 1.165) is 0 Å². The second-order valence-corrected chi connectivity index (χ2v) is 8.98. The van der Waals surface area contributed by atoms with Gasteiger partial charge in [0.1, 0.15) is 5.03 Å². The molecule has 0 amide bonds. The average Bonchev–Trinajstić information content (AvgIpc) is 2.64. The van der Waals surface area contributed by atoms with E-state index in [2.05, 4.69) is 0 Å². The van der Waals surface area contributed by atoms with Crippen molar-refractivity contribution in [1.82, 2.24) is 3.71 Å². The second kappa shape index (κ2) is 4.91. The van der Waals surface area contributed by atoms with Crippen molar-refractivity contribution >= 4 is 30.7 Å². The Morgan fingerprint density at radius 1 is 1.18 bits per heavy atom. The second-order valence-electron chi connectivity index (χ2n) is 3.17. The Morgan fingerprint density at radius 2 is 1.65 bits per heavy atom. The molecule has 1 heterocycles. The van der Waals surface area contributed by atoms with E-state index in [0.29, 0.717) is 3.71 Å². The van der Waals surface area contributed by atoms with E-state index in [1.165, 1.54) is 31.4 Å². The van der Waals surface area contributed by atoms with Crippen LogP contribution in [0.1, 0.15) is 13.8 Å². The maximum atomic E-state index is 11.8. The standard InChI is InChI=1S/C8H14N2O4S3/c1-3-16(11,12)10(17(13,14)4-2)8-6-5-7-15(8)9/h5-7,9H,3-4H2,1-2H3. The molecule has 1 unspecified atom stereocenters. The van der Waals surface area contributed by atoms with Gasteiger partial charge in [-0.1, -0.05) is 6.08 Å². The molecule has 0 saturated carbocycles. The molecule has 17 heavy (non-hydrogen) atoms. The predicted molar refractivity (Wildman–Crippen MR) is 68.1 cm³/mol. The summed E-state index contributed by atoms with van der Waals surface area (Å²) < 4.78 is 55.4. The van der Waals surface area contributed by atoms with Crippen molar-refractivity contribution < 1.29 is 16.8 Å². The summed E-state index contributed by atoms with van der Waals surface area (Å²) in [5.74, 6) is -0.637. The van der Waals surface area contributed by atoms with Crippen LogP contribution >= 0.6 is 0 Å². The molecule has 1 atom stereocenters. The first-order valence-corrected chi connectivity index (χ1v) is 9.35. The molecule has 0 bridgehead atoms. The van der Waals surface area contributed by atoms with Crippen LogP contribution in [-0.4, -0.2) is 32.1 Å². The Kier molecular flexibility index (Phi) is 4.15. The summed E-state index contributed by atoms with van der Waals surface area (Å²) in [6, 6.07) is 0. The fraction of sp³-hybridized carbons (Fsp3) is 0.500. The van der Waals surface area contributed by atoms with Crippen molar-refractivity contribution in [1.29, 1.82) is 4.78 Å². The molecule has 6 nitrogen and oxygen atoms in total. The molecule has 0 aromatic carbocycles. The zero-order valence-electron chi connectivity index (χ0n) is 9.45. The van der Waals surface area contributed by atoms with Crippen molar-refractivity contribution in [3.8, 4) is 0 Å². The SMILES string of the molecule is CCS(=O)(=O)N(C1=CC=CS1=N)S(=O)(=O)CC. The largest absolute Gasteiger partial charge is 0.270 e. The van der Waals surface area contributed by atoms with Crippen molar-refractivity contribution in [3.05, 3.63) is 22.6 Å². The number of sulfonamides is 2. The van der Waals surface area contributed by atoms with E-state index in [1.807, 2.05) is 0 Å². The zero-order valence-corrected chi connectivity index (χ0v) is 11.9. The topological polar surface area (TPSA) is 95.4 Å². The number of rotatable bonds is 5. The van der Waals surface area contributed by atoms with Crippen LogP contribution < -0.4 is 0 Å². The third-order valence-electron chi connectivity index (χ3n) is 2.09. The maximum Gasteiger partial charge on any atom is 0.248 e. The van der Waals surface area contributed by atoms with Crippen molar-refractivity contribution in [3.63, 3.8) is 0 Å². The van der Waals surface area contributed by atoms with Gasteiger partial charge in [-0.2, -0.15) is 3.71 Å². The first-order chi connectivity index (χ1) is 7.76. The third-order valence-corrected chi connectivity index (χ3v) is 7.75. The predicted octanol–water partition coefficient (Wildman–Crippen LogP) is 0.737. The number of nitrogens with zero attached hydrogens (tertiary/aromatic N) is 1. The van der Waals surface area contributed by atoms with Gasteiger partial charge in [0.2, 0.25) is 20.0 Å². The summed E-state index contributed by atoms with van der Waals surface area (Å²) in [5.41, 5.74) is 0. The monoisotopic (exact) mass is 298 g/mol. The molecule has 1 aliphatic rings. The van der Waals surface area contributed by atoms with Crippen molar-refractivity contribution in [2.45, 2.75) is 13.8 Å². The first kappa shape index (κ1) is 14.4. The van der Waals surface area contributed by atoms with Crippen LogP contribution in [0.2, 0.25) is 0 Å². The van der Waals surface area contributed by atoms with Crippen LogP contribution in [0, 0.1) is 4.78 Å². The van der Waals surface area contributed by atoms with Crippen molar-refractivity contribution in [2.24, 2.45) is 0 Å². The van der Waals surface area contributed by atoms with Crippen LogP contribution in [0.15, 0.2) is 22.6 Å². The number of nitrogens with one attached hydrogen (secondary N) is 1. The van der Waals surface area contributed by atoms with Gasteiger partial charge in [0.05, 0.1) is 11.5 Å². The Bertz CT molecular complexity index is 552. The molecule has 0 aliphatic carbocycles. The molecule has 0 aromatic rings. The average molecular weight is 298 g/mol. The normalized spacial score (nSPS) is 20.4. The summed E-state index contributed by atoms with van der Waals surface area (Å²) >= 11 is 0. The van der Waals surface area contributed by atoms with E-state index < -0.39 is 30.7 Å². The van der Waals surface area contributed by atoms with Gasteiger partial charge >= 0.3 is 0 Å². The van der Waals surface area contributed by atoms with Crippen LogP contribution in [0.5, 0.6) is 0 Å². The summed E-state index contributed by atoms with van der Waals surface area (Å²) in [4.78, 5) is 0. The molecular weight excluding hydrogens is 284 g/mol. The highest BCUT2D eigenvalue weighted by Gasteiger charge is 2.35. The molecule has 1 N–H and O–H groups in total. The summed E-state index contributed by atoms with van der Waals surface area (Å²) in [6.07, 6.45) is 2.85. The smallest absolute Gasteiger partial charge is 0.248 e. The molecule has 0 radical (unpaired) electrons. The minimum atomic E-state index is -3.92. The highest BCUT2D eigenvalue weighted by atomic mass is 32.3. The number of allylic oxidation sites excluding steroid dienone is 2. The van der Waals surface area contributed by atoms with E-state index in [1.54, 1.807) is 0 Å². The fourth-order valence-corrected chi connectivity index (χ4v) is 6.25. The van der Waals surface area contributed by atoms with Gasteiger partial charge in [-0.25, -0.2) is 16.8 Å². The Balaban J connectivity index is 3.39. The molecule has 1 aliphatic heterocycles. The lowest BCUT2D eigenvalue weighted by Crippen LogP contribution is -2.38. The molecule has 0 saturated heterocycles. The molecule has 98 valence electrons. The van der Waals surface area contributed by atoms with Crippen LogP contribution in [0.3, 0.4) is 0 Å². The minimum absolute atomic E-state index is 0.00583. The van der Waals surface area contributed by atoms with Gasteiger partial charge in [0, 0.05) is 0 Å². The zero-order chi connectivity index (χ0) is 13.3. The Labute approximate surface area is 104 Å². The van der Waals surface area contributed by atoms with Gasteiger partial charge < -0.3 is 0 Å². The Morgan fingerprint density at radius 3 is 1.94 bits per heavy atom. The molecule has 0 fully saturated rings. The Hall–Kier alpha value is -0.670. The van der Waals surface area contributed by atoms with Crippen molar-refractivity contribution in [2.75, 3.05) is 11.5 Å². The lowest BCUT2D eigenvalue weighted by molar-refractivity contribution is 0.536. The van der Waals surface area contributed by atoms with Gasteiger partial charge in [-0.05, 0) is 36.0 Å². The molecule has 9 heteroatoms. The lowest BCUT2D eigenvalue weighted by Gasteiger charge is -2.23. The van der Waals surface area contributed by atoms with E-state index in [-0.39, 0.29) is 16.5 Å². The van der Waals surface area contributed by atoms with Crippen LogP contribution in [0.4, 0.5) is 0 Å². The van der Waals surface area contributed by atoms with Crippen LogP contribution in [-0.2, 0) is 30.7 Å². The minimum Gasteiger partial charge on any atom is -0.270 e. The summed E-state index contributed by atoms with van der Waals surface area (Å²) in [7, 11) is -9.08. The van der Waals surface area contributed by atoms with Gasteiger partial charge in [0.25, 0.3) is 0 Å². The van der Waals surface area contributed by atoms with Crippen LogP contribution in [0.25, 0.3) is 0 Å². The highest BCUT2D eigenvalue weighted by molar-refractivity contribution is 8.06. The maximum absolute atomic E-state index is 11.8. The first-order valence-electron chi connectivity index (χ1n) is 4.85. The van der Waals surface area contributed by atoms with E-state index in [9.17, 15) is 16.8 Å². The molecule has 0 aromatic heterocycles. The fourth-order valence-electron chi connectivity index (χ4n) is 1.17. The lowest BCUT2D eigenvalue weighted by atomic mass is 10.6. The molecule has 0 spiro atoms. The van der Waals surface area contributed by atoms with E-state index >= 15 is 0 Å². The quantitative estimate of drug-likeness (QED) is 0.809. The molecule has 1 rings (SSSR count). The van der Waals surface area contributed by atoms with Gasteiger partial charge in [-0.15, -0.1) is 0 Å². The van der Waals surface area contributed by atoms with Gasteiger partial charge in [0.15, 0.2) is 0 Å². The van der Waals surface area contributed by atoms with E-state index in [4.69, 9.17) is 4.78 Å². The van der Waals surface area contributed by atoms with Gasteiger partial charge in [-0.3, -0.25) is 4.78 Å². The summed E-state index contributed by atoms with van der Waals surface area (Å²) in [5, 5.41) is 1.45. The third kappa shape index (κ3) is 2.78. The molecular formula is C8H14N2O4S3.